The molecule has 9 nitrogen and oxygen atoms in total. The summed E-state index contributed by atoms with van der Waals surface area (Å²) < 4.78 is 7.34. The minimum absolute atomic E-state index is 0.0915. The van der Waals surface area contributed by atoms with Crippen LogP contribution in [-0.4, -0.2) is 64.0 Å². The second kappa shape index (κ2) is 20.5. The van der Waals surface area contributed by atoms with E-state index < -0.39 is 5.97 Å². The van der Waals surface area contributed by atoms with Gasteiger partial charge >= 0.3 is 5.97 Å². The second-order valence-corrected chi connectivity index (χ2v) is 13.6. The highest BCUT2D eigenvalue weighted by Gasteiger charge is 2.37. The number of carboxylic acid groups (broad SMARTS) is 1. The number of hydrogen-bond acceptors (Lipinski definition) is 10. The second-order valence-electron chi connectivity index (χ2n) is 11.6. The number of allylic oxidation sites excluding steroid dienone is 2. The van der Waals surface area contributed by atoms with Crippen molar-refractivity contribution in [1.29, 1.82) is 5.26 Å². The van der Waals surface area contributed by atoms with E-state index in [1.165, 1.54) is 30.4 Å². The molecule has 2 aliphatic carbocycles. The Labute approximate surface area is 273 Å². The van der Waals surface area contributed by atoms with Gasteiger partial charge in [0.05, 0.1) is 7.11 Å². The molecule has 4 rings (SSSR count). The molecule has 3 aliphatic rings. The van der Waals surface area contributed by atoms with Gasteiger partial charge in [-0.3, -0.25) is 4.79 Å². The maximum absolute atomic E-state index is 12.1. The average Bonchev–Trinajstić information content (AvgIpc) is 3.34. The Kier molecular flexibility index (Phi) is 18.4. The first-order valence-electron chi connectivity index (χ1n) is 15.8. The van der Waals surface area contributed by atoms with Crippen LogP contribution in [0.2, 0.25) is 0 Å². The summed E-state index contributed by atoms with van der Waals surface area (Å²) in [4.78, 5) is 21.4. The number of nitrogens with one attached hydrogen (secondary N) is 1. The number of ether oxygens (including phenoxy) is 1. The number of hydrogen-bond donors (Lipinski definition) is 4. The van der Waals surface area contributed by atoms with Crippen molar-refractivity contribution in [3.05, 3.63) is 38.7 Å². The summed E-state index contributed by atoms with van der Waals surface area (Å²) in [6.45, 7) is 13.7. The third-order valence-electron chi connectivity index (χ3n) is 7.63. The molecule has 0 aromatic carbocycles. The zero-order valence-electron chi connectivity index (χ0n) is 27.6. The summed E-state index contributed by atoms with van der Waals surface area (Å²) in [5.74, 6) is 0.350. The summed E-state index contributed by atoms with van der Waals surface area (Å²) in [5, 5.41) is 30.9. The Morgan fingerprint density at radius 1 is 1.30 bits per heavy atom. The lowest BCUT2D eigenvalue weighted by molar-refractivity contribution is -0.122. The summed E-state index contributed by atoms with van der Waals surface area (Å²) in [6.07, 6.45) is 13.9. The van der Waals surface area contributed by atoms with E-state index >= 15 is 0 Å². The highest BCUT2D eigenvalue weighted by Crippen LogP contribution is 2.44. The van der Waals surface area contributed by atoms with Crippen molar-refractivity contribution >= 4 is 35.7 Å². The first-order chi connectivity index (χ1) is 21.0. The van der Waals surface area contributed by atoms with Crippen LogP contribution in [-0.2, 0) is 9.53 Å². The summed E-state index contributed by atoms with van der Waals surface area (Å²) in [5.41, 5.74) is 8.64. The van der Waals surface area contributed by atoms with Crippen molar-refractivity contribution in [3.63, 3.8) is 0 Å². The maximum Gasteiger partial charge on any atom is 0.351 e. The van der Waals surface area contributed by atoms with Crippen LogP contribution in [0.1, 0.15) is 125 Å². The van der Waals surface area contributed by atoms with Gasteiger partial charge in [-0.15, -0.1) is 11.3 Å². The Balaban J connectivity index is 0.00000110. The van der Waals surface area contributed by atoms with Crippen LogP contribution >= 0.6 is 23.3 Å². The predicted molar refractivity (Wildman–Crippen MR) is 182 cm³/mol. The van der Waals surface area contributed by atoms with E-state index in [2.05, 4.69) is 55.5 Å². The molecule has 1 saturated heterocycles. The number of esters is 1. The number of nitrogens with zero attached hydrogens (tertiary/aromatic N) is 2. The Morgan fingerprint density at radius 3 is 2.52 bits per heavy atom. The highest BCUT2D eigenvalue weighted by atomic mass is 32.2. The number of carbonyl (C=O) groups excluding carboxylic acids is 1. The molecule has 0 bridgehead atoms. The number of thiophene rings is 1. The number of aromatic hydroxyl groups is 1. The van der Waals surface area contributed by atoms with Crippen LogP contribution in [0.3, 0.4) is 0 Å². The van der Waals surface area contributed by atoms with Crippen LogP contribution in [0.15, 0.2) is 23.4 Å². The molecule has 5 N–H and O–H groups in total. The predicted octanol–water partition coefficient (Wildman–Crippen LogP) is 7.33. The van der Waals surface area contributed by atoms with Crippen molar-refractivity contribution in [2.75, 3.05) is 19.4 Å². The molecule has 1 aromatic rings. The van der Waals surface area contributed by atoms with Crippen LogP contribution in [0.5, 0.6) is 5.75 Å². The maximum atomic E-state index is 12.1. The molecule has 2 heterocycles. The van der Waals surface area contributed by atoms with Gasteiger partial charge in [-0.25, -0.2) is 9.10 Å². The third kappa shape index (κ3) is 11.8. The fourth-order valence-electron chi connectivity index (χ4n) is 5.81. The Bertz CT molecular complexity index is 1140. The summed E-state index contributed by atoms with van der Waals surface area (Å²) in [7, 11) is 1.29. The van der Waals surface area contributed by atoms with Crippen molar-refractivity contribution in [3.8, 4) is 11.8 Å². The molecule has 248 valence electrons. The molecule has 0 amide bonds. The minimum atomic E-state index is -0.586. The molecular weight excluding hydrogens is 597 g/mol. The molecule has 0 radical (unpaired) electrons. The summed E-state index contributed by atoms with van der Waals surface area (Å²) >= 11 is 3.15. The number of carbonyl (C=O) groups is 2. The SMILES string of the molecule is CC.CCC.COC(=O)c1sc(C2CCCC(NC3CCN(SCC4=CC(N)=CCC4)C(C)(C)C3)C2)c(C#N)c1O.O=CO. The molecule has 0 spiro atoms. The first kappa shape index (κ1) is 39.5. The van der Waals surface area contributed by atoms with Crippen molar-refractivity contribution in [2.45, 2.75) is 123 Å². The van der Waals surface area contributed by atoms with Crippen molar-refractivity contribution in [2.24, 2.45) is 5.73 Å². The first-order valence-corrected chi connectivity index (χ1v) is 17.5. The Hall–Kier alpha value is -2.52. The van der Waals surface area contributed by atoms with Crippen molar-refractivity contribution in [1.82, 2.24) is 9.62 Å². The van der Waals surface area contributed by atoms with E-state index in [0.717, 1.165) is 74.2 Å². The van der Waals surface area contributed by atoms with Crippen LogP contribution in [0.25, 0.3) is 0 Å². The standard InChI is InChI=1S/C27H38N4O3S2.C3H8.C2H6.CH2O2/c1-27(2)14-21(10-11-31(27)35-16-17-6-4-8-19(29)12-17)30-20-9-5-7-18(13-20)24-22(15-28)23(32)25(36-24)26(33)34-3;1-3-2;1-2;2-1-3/h8,12,18,20-21,30,32H,4-7,9-11,13-14,16,29H2,1-3H3;3H2,1-2H3;1-2H3;1H,(H,2,3). The van der Waals surface area contributed by atoms with Gasteiger partial charge in [0, 0.05) is 40.5 Å². The van der Waals surface area contributed by atoms with Gasteiger partial charge in [-0.05, 0) is 70.8 Å². The quantitative estimate of drug-likeness (QED) is 0.134. The van der Waals surface area contributed by atoms with Crippen LogP contribution < -0.4 is 11.1 Å². The Morgan fingerprint density at radius 2 is 1.95 bits per heavy atom. The fourth-order valence-corrected chi connectivity index (χ4v) is 8.23. The zero-order chi connectivity index (χ0) is 33.3. The van der Waals surface area contributed by atoms with Gasteiger partial charge in [-0.1, -0.05) is 64.1 Å². The van der Waals surface area contributed by atoms with E-state index in [4.69, 9.17) is 20.4 Å². The number of methoxy groups -OCH3 is 1. The molecule has 44 heavy (non-hydrogen) atoms. The zero-order valence-corrected chi connectivity index (χ0v) is 29.3. The fraction of sp³-hybridized carbons (Fsp3) is 0.667. The van der Waals surface area contributed by atoms with Crippen LogP contribution in [0.4, 0.5) is 0 Å². The van der Waals surface area contributed by atoms with E-state index in [0.29, 0.717) is 12.1 Å². The minimum Gasteiger partial charge on any atom is -0.505 e. The molecule has 3 atom stereocenters. The van der Waals surface area contributed by atoms with Gasteiger partial charge in [-0.2, -0.15) is 5.26 Å². The number of nitriles is 1. The molecule has 11 heteroatoms. The van der Waals surface area contributed by atoms with E-state index in [9.17, 15) is 15.2 Å². The largest absolute Gasteiger partial charge is 0.505 e. The normalized spacial score (nSPS) is 22.5. The molecule has 2 fully saturated rings. The van der Waals surface area contributed by atoms with Crippen LogP contribution in [0, 0.1) is 11.3 Å². The average molecular weight is 651 g/mol. The van der Waals surface area contributed by atoms with E-state index in [1.807, 2.05) is 25.8 Å². The molecule has 1 aliphatic heterocycles. The number of nitrogens with two attached hydrogens (primary N) is 1. The van der Waals surface area contributed by atoms with E-state index in [1.54, 1.807) is 0 Å². The lowest BCUT2D eigenvalue weighted by atomic mass is 9.82. The van der Waals surface area contributed by atoms with Crippen molar-refractivity contribution < 1.29 is 24.5 Å². The van der Waals surface area contributed by atoms with Gasteiger partial charge in [0.15, 0.2) is 10.6 Å². The smallest absolute Gasteiger partial charge is 0.351 e. The van der Waals surface area contributed by atoms with Gasteiger partial charge < -0.3 is 26.0 Å². The third-order valence-corrected chi connectivity index (χ3v) is 10.4. The topological polar surface area (TPSA) is 149 Å². The molecule has 1 saturated carbocycles. The molecule has 1 aromatic heterocycles. The highest BCUT2D eigenvalue weighted by molar-refractivity contribution is 7.97. The van der Waals surface area contributed by atoms with E-state index in [-0.39, 0.29) is 34.1 Å². The van der Waals surface area contributed by atoms with Gasteiger partial charge in [0.1, 0.15) is 11.6 Å². The number of rotatable bonds is 7. The molecular formula is C33H54N4O5S2. The lowest BCUT2D eigenvalue weighted by Gasteiger charge is -2.46. The number of piperidine rings is 1. The lowest BCUT2D eigenvalue weighted by Crippen LogP contribution is -2.54. The summed E-state index contributed by atoms with van der Waals surface area (Å²) in [6, 6.07) is 2.93. The monoisotopic (exact) mass is 650 g/mol. The van der Waals surface area contributed by atoms with Gasteiger partial charge in [0.25, 0.3) is 6.47 Å². The van der Waals surface area contributed by atoms with Gasteiger partial charge in [0.2, 0.25) is 0 Å². The molecule has 3 unspecified atom stereocenters.